The lowest BCUT2D eigenvalue weighted by atomic mass is 9.95. The summed E-state index contributed by atoms with van der Waals surface area (Å²) in [4.78, 5) is 4.54. The molecule has 1 aromatic carbocycles. The molecule has 1 N–H and O–H groups in total. The van der Waals surface area contributed by atoms with Gasteiger partial charge in [-0.05, 0) is 43.3 Å². The van der Waals surface area contributed by atoms with E-state index >= 15 is 0 Å². The van der Waals surface area contributed by atoms with Crippen LogP contribution in [-0.2, 0) is 6.18 Å². The van der Waals surface area contributed by atoms with Gasteiger partial charge in [-0.15, -0.1) is 0 Å². The Kier molecular flexibility index (Phi) is 5.29. The van der Waals surface area contributed by atoms with Gasteiger partial charge in [0.25, 0.3) is 0 Å². The first kappa shape index (κ1) is 18.1. The van der Waals surface area contributed by atoms with E-state index in [1.54, 1.807) is 4.57 Å². The molecule has 2 aromatic rings. The minimum Gasteiger partial charge on any atom is -0.493 e. The summed E-state index contributed by atoms with van der Waals surface area (Å²) in [5.41, 5.74) is -0.573. The average molecular weight is 386 g/mol. The van der Waals surface area contributed by atoms with Crippen LogP contribution in [0.5, 0.6) is 5.88 Å². The summed E-state index contributed by atoms with van der Waals surface area (Å²) in [5, 5.41) is 10.5. The summed E-state index contributed by atoms with van der Waals surface area (Å²) in [5.74, 6) is 0.0534. The summed E-state index contributed by atoms with van der Waals surface area (Å²) in [6.45, 7) is 0. The third-order valence-electron chi connectivity index (χ3n) is 4.29. The molecule has 1 aliphatic carbocycles. The molecule has 0 spiro atoms. The van der Waals surface area contributed by atoms with Crippen molar-refractivity contribution < 1.29 is 18.3 Å². The highest BCUT2D eigenvalue weighted by atomic mass is 32.1. The van der Waals surface area contributed by atoms with Crippen LogP contribution in [0.25, 0.3) is 0 Å². The number of thiazole rings is 1. The molecule has 25 heavy (non-hydrogen) atoms. The highest BCUT2D eigenvalue weighted by Gasteiger charge is 2.30. The molecule has 0 saturated heterocycles. The lowest BCUT2D eigenvalue weighted by Crippen LogP contribution is -2.12. The SMILES string of the molecule is Oc1c(C=Nc2cccc(C(F)(F)F)c2)sc(=S)n1C1CCCCC1. The minimum atomic E-state index is -4.41. The molecule has 1 aromatic heterocycles. The number of benzene rings is 1. The second-order valence-electron chi connectivity index (χ2n) is 6.02. The first-order valence-corrected chi connectivity index (χ1v) is 9.24. The number of aromatic hydroxyl groups is 1. The third kappa shape index (κ3) is 4.12. The zero-order chi connectivity index (χ0) is 18.0. The van der Waals surface area contributed by atoms with Crippen LogP contribution in [0.1, 0.15) is 48.6 Å². The first-order chi connectivity index (χ1) is 11.9. The van der Waals surface area contributed by atoms with Crippen molar-refractivity contribution in [3.8, 4) is 5.88 Å². The van der Waals surface area contributed by atoms with Crippen LogP contribution in [0.15, 0.2) is 29.3 Å². The Morgan fingerprint density at radius 1 is 1.24 bits per heavy atom. The number of hydrogen-bond acceptors (Lipinski definition) is 4. The lowest BCUT2D eigenvalue weighted by molar-refractivity contribution is -0.137. The predicted octanol–water partition coefficient (Wildman–Crippen LogP) is 6.26. The molecule has 8 heteroatoms. The van der Waals surface area contributed by atoms with E-state index in [4.69, 9.17) is 12.2 Å². The van der Waals surface area contributed by atoms with Crippen LogP contribution in [0, 0.1) is 3.95 Å². The Morgan fingerprint density at radius 2 is 1.96 bits per heavy atom. The highest BCUT2D eigenvalue weighted by molar-refractivity contribution is 7.73. The van der Waals surface area contributed by atoms with Gasteiger partial charge in [0.15, 0.2) is 3.95 Å². The van der Waals surface area contributed by atoms with Gasteiger partial charge in [0.1, 0.15) is 4.88 Å². The Bertz CT molecular complexity index is 833. The normalized spacial score (nSPS) is 16.6. The van der Waals surface area contributed by atoms with E-state index in [0.717, 1.165) is 37.8 Å². The van der Waals surface area contributed by atoms with Gasteiger partial charge in [-0.25, -0.2) is 0 Å². The van der Waals surface area contributed by atoms with Gasteiger partial charge in [0.2, 0.25) is 5.88 Å². The molecule has 0 radical (unpaired) electrons. The third-order valence-corrected chi connectivity index (χ3v) is 5.61. The maximum absolute atomic E-state index is 12.8. The van der Waals surface area contributed by atoms with Crippen molar-refractivity contribution in [3.05, 3.63) is 38.7 Å². The van der Waals surface area contributed by atoms with Gasteiger partial charge < -0.3 is 5.11 Å². The number of halogens is 3. The van der Waals surface area contributed by atoms with Crippen molar-refractivity contribution >= 4 is 35.5 Å². The standard InChI is InChI=1S/C17H17F3N2OS2/c18-17(19,20)11-5-4-6-12(9-11)21-10-14-15(23)22(16(24)25-14)13-7-2-1-3-8-13/h4-6,9-10,13,23H,1-3,7-8H2. The monoisotopic (exact) mass is 386 g/mol. The topological polar surface area (TPSA) is 37.5 Å². The Labute approximate surface area is 152 Å². The largest absolute Gasteiger partial charge is 0.493 e. The highest BCUT2D eigenvalue weighted by Crippen LogP contribution is 2.36. The van der Waals surface area contributed by atoms with Gasteiger partial charge in [-0.2, -0.15) is 13.2 Å². The van der Waals surface area contributed by atoms with Crippen molar-refractivity contribution in [3.63, 3.8) is 0 Å². The number of aromatic nitrogens is 1. The molecule has 3 nitrogen and oxygen atoms in total. The zero-order valence-electron chi connectivity index (χ0n) is 13.3. The van der Waals surface area contributed by atoms with Crippen LogP contribution >= 0.6 is 23.6 Å². The van der Waals surface area contributed by atoms with Crippen molar-refractivity contribution in [2.45, 2.75) is 44.3 Å². The van der Waals surface area contributed by atoms with E-state index in [9.17, 15) is 18.3 Å². The van der Waals surface area contributed by atoms with Gasteiger partial charge in [0, 0.05) is 6.04 Å². The van der Waals surface area contributed by atoms with Gasteiger partial charge >= 0.3 is 6.18 Å². The molecule has 1 heterocycles. The fourth-order valence-electron chi connectivity index (χ4n) is 3.04. The minimum absolute atomic E-state index is 0.0534. The maximum Gasteiger partial charge on any atom is 0.416 e. The van der Waals surface area contributed by atoms with E-state index in [1.165, 1.54) is 36.1 Å². The van der Waals surface area contributed by atoms with E-state index in [1.807, 2.05) is 0 Å². The molecule has 1 aliphatic rings. The molecule has 0 atom stereocenters. The second-order valence-corrected chi connectivity index (χ2v) is 7.70. The van der Waals surface area contributed by atoms with Crippen molar-refractivity contribution in [1.29, 1.82) is 0 Å². The van der Waals surface area contributed by atoms with Crippen LogP contribution < -0.4 is 0 Å². The molecule has 0 unspecified atom stereocenters. The number of aliphatic imine (C=N–C) groups is 1. The molecule has 3 rings (SSSR count). The number of rotatable bonds is 3. The maximum atomic E-state index is 12.8. The number of alkyl halides is 3. The molecule has 1 fully saturated rings. The zero-order valence-corrected chi connectivity index (χ0v) is 14.9. The summed E-state index contributed by atoms with van der Waals surface area (Å²) in [6, 6.07) is 4.96. The number of nitrogens with zero attached hydrogens (tertiary/aromatic N) is 2. The van der Waals surface area contributed by atoms with Crippen molar-refractivity contribution in [2.75, 3.05) is 0 Å². The Balaban J connectivity index is 1.86. The smallest absolute Gasteiger partial charge is 0.416 e. The quantitative estimate of drug-likeness (QED) is 0.499. The van der Waals surface area contributed by atoms with E-state index in [2.05, 4.69) is 4.99 Å². The van der Waals surface area contributed by atoms with Gasteiger partial charge in [-0.1, -0.05) is 36.7 Å². The Hall–Kier alpha value is -1.67. The first-order valence-electron chi connectivity index (χ1n) is 8.02. The predicted molar refractivity (Wildman–Crippen MR) is 95.6 cm³/mol. The molecule has 0 bridgehead atoms. The van der Waals surface area contributed by atoms with Crippen molar-refractivity contribution in [1.82, 2.24) is 4.57 Å². The van der Waals surface area contributed by atoms with E-state index < -0.39 is 11.7 Å². The summed E-state index contributed by atoms with van der Waals surface area (Å²) in [7, 11) is 0. The van der Waals surface area contributed by atoms with Crippen LogP contribution in [0.4, 0.5) is 18.9 Å². The van der Waals surface area contributed by atoms with Crippen LogP contribution in [0.3, 0.4) is 0 Å². The molecular formula is C17H17F3N2OS2. The fourth-order valence-corrected chi connectivity index (χ4v) is 4.36. The molecule has 0 aliphatic heterocycles. The summed E-state index contributed by atoms with van der Waals surface area (Å²) < 4.78 is 40.6. The van der Waals surface area contributed by atoms with Crippen LogP contribution in [0.2, 0.25) is 0 Å². The second kappa shape index (κ2) is 7.29. The van der Waals surface area contributed by atoms with Gasteiger partial charge in [-0.3, -0.25) is 9.56 Å². The van der Waals surface area contributed by atoms with E-state index in [-0.39, 0.29) is 17.6 Å². The summed E-state index contributed by atoms with van der Waals surface area (Å²) >= 11 is 6.57. The molecule has 134 valence electrons. The van der Waals surface area contributed by atoms with E-state index in [0.29, 0.717) is 8.83 Å². The van der Waals surface area contributed by atoms with Crippen LogP contribution in [-0.4, -0.2) is 15.9 Å². The summed E-state index contributed by atoms with van der Waals surface area (Å²) in [6.07, 6.45) is 2.33. The Morgan fingerprint density at radius 3 is 2.64 bits per heavy atom. The molecule has 1 saturated carbocycles. The average Bonchev–Trinajstić information content (AvgIpc) is 2.87. The van der Waals surface area contributed by atoms with Crippen molar-refractivity contribution in [2.24, 2.45) is 4.99 Å². The lowest BCUT2D eigenvalue weighted by Gasteiger charge is -2.23. The molecule has 0 amide bonds. The number of hydrogen-bond donors (Lipinski definition) is 1. The fraction of sp³-hybridized carbons (Fsp3) is 0.412. The molecular weight excluding hydrogens is 369 g/mol. The van der Waals surface area contributed by atoms with Gasteiger partial charge in [0.05, 0.1) is 17.5 Å².